The molecule has 11 heteroatoms. The van der Waals surface area contributed by atoms with Crippen molar-refractivity contribution in [3.05, 3.63) is 109 Å². The molecule has 36 heavy (non-hydrogen) atoms. The molecule has 0 saturated heterocycles. The zero-order valence-electron chi connectivity index (χ0n) is 18.6. The van der Waals surface area contributed by atoms with Gasteiger partial charge in [0.15, 0.2) is 5.76 Å². The first kappa shape index (κ1) is 25.4. The van der Waals surface area contributed by atoms with Crippen LogP contribution in [0.2, 0.25) is 15.1 Å². The van der Waals surface area contributed by atoms with Gasteiger partial charge >= 0.3 is 0 Å². The van der Waals surface area contributed by atoms with Crippen LogP contribution >= 0.6 is 34.8 Å². The van der Waals surface area contributed by atoms with Gasteiger partial charge in [-0.2, -0.15) is 0 Å². The molecule has 0 aliphatic heterocycles. The topological polar surface area (TPSA) is 104 Å². The summed E-state index contributed by atoms with van der Waals surface area (Å²) < 4.78 is 17.0. The Morgan fingerprint density at radius 3 is 2.39 bits per heavy atom. The second kappa shape index (κ2) is 10.9. The van der Waals surface area contributed by atoms with Crippen LogP contribution in [0.1, 0.15) is 21.9 Å². The van der Waals surface area contributed by atoms with Crippen LogP contribution in [0.3, 0.4) is 0 Å². The molecule has 0 spiro atoms. The predicted molar refractivity (Wildman–Crippen MR) is 137 cm³/mol. The minimum absolute atomic E-state index is 0.00357. The highest BCUT2D eigenvalue weighted by Crippen LogP contribution is 2.35. The Morgan fingerprint density at radius 1 is 0.972 bits per heavy atom. The van der Waals surface area contributed by atoms with Crippen LogP contribution in [0.15, 0.2) is 71.1 Å². The van der Waals surface area contributed by atoms with E-state index in [2.05, 4.69) is 5.32 Å². The first-order valence-corrected chi connectivity index (χ1v) is 11.5. The number of anilines is 1. The van der Waals surface area contributed by atoms with E-state index in [4.69, 9.17) is 48.7 Å². The number of nitrogens with one attached hydrogen (secondary N) is 1. The molecule has 3 aromatic carbocycles. The van der Waals surface area contributed by atoms with Gasteiger partial charge in [-0.05, 0) is 61.0 Å². The fourth-order valence-electron chi connectivity index (χ4n) is 3.20. The van der Waals surface area contributed by atoms with Gasteiger partial charge in [0.25, 0.3) is 11.6 Å². The lowest BCUT2D eigenvalue weighted by Gasteiger charge is -2.10. The molecule has 0 bridgehead atoms. The van der Waals surface area contributed by atoms with Crippen LogP contribution in [0, 0.1) is 17.0 Å². The minimum atomic E-state index is -0.611. The van der Waals surface area contributed by atoms with E-state index in [1.54, 1.807) is 30.3 Å². The molecule has 1 amide bonds. The second-order valence-corrected chi connectivity index (χ2v) is 8.85. The molecule has 4 aromatic rings. The summed E-state index contributed by atoms with van der Waals surface area (Å²) >= 11 is 18.0. The molecule has 0 aliphatic carbocycles. The number of halogens is 3. The normalized spacial score (nSPS) is 10.7. The number of carbonyl (C=O) groups is 1. The van der Waals surface area contributed by atoms with Crippen molar-refractivity contribution in [2.75, 3.05) is 5.32 Å². The number of nitro groups is 1. The van der Waals surface area contributed by atoms with Crippen LogP contribution in [0.25, 0.3) is 0 Å². The number of hydrogen-bond acceptors (Lipinski definition) is 6. The second-order valence-electron chi connectivity index (χ2n) is 7.57. The summed E-state index contributed by atoms with van der Waals surface area (Å²) in [7, 11) is 0. The van der Waals surface area contributed by atoms with Gasteiger partial charge in [0.1, 0.15) is 29.6 Å². The lowest BCUT2D eigenvalue weighted by Crippen LogP contribution is -2.11. The van der Waals surface area contributed by atoms with Gasteiger partial charge < -0.3 is 19.2 Å². The number of rotatable bonds is 8. The molecule has 8 nitrogen and oxygen atoms in total. The Bertz CT molecular complexity index is 1450. The highest BCUT2D eigenvalue weighted by Gasteiger charge is 2.17. The number of aryl methyl sites for hydroxylation is 1. The first-order chi connectivity index (χ1) is 17.2. The lowest BCUT2D eigenvalue weighted by atomic mass is 10.2. The number of carbonyl (C=O) groups excluding carboxylic acids is 1. The maximum absolute atomic E-state index is 12.7. The third-order valence-corrected chi connectivity index (χ3v) is 5.64. The minimum Gasteiger partial charge on any atom is -0.485 e. The molecular weight excluding hydrogens is 531 g/mol. The third-order valence-electron chi connectivity index (χ3n) is 4.87. The van der Waals surface area contributed by atoms with Gasteiger partial charge in [-0.15, -0.1) is 0 Å². The molecule has 0 unspecified atom stereocenters. The zero-order chi connectivity index (χ0) is 25.8. The maximum Gasteiger partial charge on any atom is 0.291 e. The number of furan rings is 1. The van der Waals surface area contributed by atoms with E-state index < -0.39 is 10.8 Å². The number of hydrogen-bond donors (Lipinski definition) is 1. The van der Waals surface area contributed by atoms with Gasteiger partial charge in [0.2, 0.25) is 0 Å². The average Bonchev–Trinajstić information content (AvgIpc) is 3.29. The highest BCUT2D eigenvalue weighted by atomic mass is 35.5. The first-order valence-electron chi connectivity index (χ1n) is 10.4. The molecule has 1 aromatic heterocycles. The maximum atomic E-state index is 12.7. The molecule has 184 valence electrons. The van der Waals surface area contributed by atoms with Crippen LogP contribution in [-0.4, -0.2) is 10.8 Å². The highest BCUT2D eigenvalue weighted by molar-refractivity contribution is 6.35. The Labute approximate surface area is 220 Å². The molecule has 4 rings (SSSR count). The molecule has 0 fully saturated rings. The molecule has 0 saturated carbocycles. The van der Waals surface area contributed by atoms with Crippen LogP contribution in [0.4, 0.5) is 11.4 Å². The Hall–Kier alpha value is -3.72. The number of amides is 1. The van der Waals surface area contributed by atoms with Crippen molar-refractivity contribution in [3.63, 3.8) is 0 Å². The van der Waals surface area contributed by atoms with Crippen molar-refractivity contribution in [2.24, 2.45) is 0 Å². The Morgan fingerprint density at radius 2 is 1.69 bits per heavy atom. The molecule has 0 atom stereocenters. The molecular formula is C25H17Cl3N2O6. The van der Waals surface area contributed by atoms with Crippen LogP contribution in [-0.2, 0) is 6.61 Å². The van der Waals surface area contributed by atoms with Crippen molar-refractivity contribution in [1.82, 2.24) is 0 Å². The fraction of sp³-hybridized carbons (Fsp3) is 0.0800. The van der Waals surface area contributed by atoms with Crippen molar-refractivity contribution >= 4 is 52.1 Å². The van der Waals surface area contributed by atoms with Crippen LogP contribution < -0.4 is 14.8 Å². The number of benzene rings is 3. The summed E-state index contributed by atoms with van der Waals surface area (Å²) in [5.74, 6) is 0.763. The van der Waals surface area contributed by atoms with E-state index in [0.717, 1.165) is 5.56 Å². The van der Waals surface area contributed by atoms with E-state index >= 15 is 0 Å². The Kier molecular flexibility index (Phi) is 7.69. The van der Waals surface area contributed by atoms with Crippen LogP contribution in [0.5, 0.6) is 17.2 Å². The van der Waals surface area contributed by atoms with Gasteiger partial charge in [0, 0.05) is 22.2 Å². The third kappa shape index (κ3) is 6.28. The van der Waals surface area contributed by atoms with E-state index in [-0.39, 0.29) is 40.3 Å². The van der Waals surface area contributed by atoms with Gasteiger partial charge in [0.05, 0.1) is 21.7 Å². The molecule has 0 radical (unpaired) electrons. The number of non-ortho nitro benzene ring substituents is 1. The van der Waals surface area contributed by atoms with Crippen molar-refractivity contribution in [2.45, 2.75) is 13.5 Å². The SMILES string of the molecule is Cc1cc(Cl)ccc1OCc1ccc(C(=O)Nc2cc(Oc3ccc(Cl)cc3Cl)cc([N+](=O)[O-])c2)o1. The van der Waals surface area contributed by atoms with Gasteiger partial charge in [-0.25, -0.2) is 0 Å². The van der Waals surface area contributed by atoms with Crippen molar-refractivity contribution < 1.29 is 23.6 Å². The summed E-state index contributed by atoms with van der Waals surface area (Å²) in [6, 6.07) is 16.7. The van der Waals surface area contributed by atoms with E-state index in [1.165, 1.54) is 36.4 Å². The standard InChI is InChI=1S/C25H17Cl3N2O6/c1-14-8-15(26)2-5-22(14)34-13-19-4-7-24(35-19)25(31)29-17-10-18(30(32)33)12-20(11-17)36-23-6-3-16(27)9-21(23)28/h2-12H,13H2,1H3,(H,29,31). The van der Waals surface area contributed by atoms with E-state index in [9.17, 15) is 14.9 Å². The summed E-state index contributed by atoms with van der Waals surface area (Å²) in [5, 5.41) is 15.2. The largest absolute Gasteiger partial charge is 0.485 e. The number of ether oxygens (including phenoxy) is 2. The number of nitrogens with zero attached hydrogens (tertiary/aromatic N) is 1. The molecule has 1 heterocycles. The van der Waals surface area contributed by atoms with E-state index in [1.807, 2.05) is 6.92 Å². The summed E-state index contributed by atoms with van der Waals surface area (Å²) in [5.41, 5.74) is 0.690. The zero-order valence-corrected chi connectivity index (χ0v) is 20.9. The summed E-state index contributed by atoms with van der Waals surface area (Å²) in [6.45, 7) is 1.95. The van der Waals surface area contributed by atoms with Gasteiger partial charge in [-0.1, -0.05) is 34.8 Å². The van der Waals surface area contributed by atoms with Crippen molar-refractivity contribution in [3.8, 4) is 17.2 Å². The van der Waals surface area contributed by atoms with Gasteiger partial charge in [-0.3, -0.25) is 14.9 Å². The average molecular weight is 548 g/mol. The quantitative estimate of drug-likeness (QED) is 0.177. The lowest BCUT2D eigenvalue weighted by molar-refractivity contribution is -0.384. The fourth-order valence-corrected chi connectivity index (χ4v) is 3.87. The Balaban J connectivity index is 1.48. The smallest absolute Gasteiger partial charge is 0.291 e. The molecule has 0 aliphatic rings. The molecule has 1 N–H and O–H groups in total. The monoisotopic (exact) mass is 546 g/mol. The van der Waals surface area contributed by atoms with E-state index in [0.29, 0.717) is 21.6 Å². The summed E-state index contributed by atoms with van der Waals surface area (Å²) in [4.78, 5) is 23.5. The predicted octanol–water partition coefficient (Wildman–Crippen LogP) is 8.08. The summed E-state index contributed by atoms with van der Waals surface area (Å²) in [6.07, 6.45) is 0. The van der Waals surface area contributed by atoms with Crippen molar-refractivity contribution in [1.29, 1.82) is 0 Å². The number of nitro benzene ring substituents is 1.